The first-order valence-corrected chi connectivity index (χ1v) is 4.19. The molecule has 1 aromatic carbocycles. The molecule has 0 fully saturated rings. The lowest BCUT2D eigenvalue weighted by molar-refractivity contribution is -0.137. The van der Waals surface area contributed by atoms with Crippen LogP contribution in [0.3, 0.4) is 0 Å². The van der Waals surface area contributed by atoms with Crippen LogP contribution in [-0.2, 0) is 6.18 Å². The van der Waals surface area contributed by atoms with Gasteiger partial charge in [-0.1, -0.05) is 6.07 Å². The molecule has 0 aliphatic carbocycles. The summed E-state index contributed by atoms with van der Waals surface area (Å²) in [5.74, 6) is 0. The summed E-state index contributed by atoms with van der Waals surface area (Å²) in [6.07, 6.45) is -1.60. The molecule has 0 aliphatic rings. The molecule has 0 radical (unpaired) electrons. The third-order valence-electron chi connectivity index (χ3n) is 1.93. The van der Waals surface area contributed by atoms with Gasteiger partial charge in [-0.2, -0.15) is 18.4 Å². The van der Waals surface area contributed by atoms with Crippen LogP contribution in [0.5, 0.6) is 0 Å². The molecule has 0 saturated carbocycles. The van der Waals surface area contributed by atoms with Crippen molar-refractivity contribution in [3.63, 3.8) is 0 Å². The number of hydrogen-bond donors (Lipinski definition) is 0. The summed E-state index contributed by atoms with van der Waals surface area (Å²) in [6, 6.07) is 5.21. The molecule has 0 atom stereocenters. The molecule has 1 rings (SSSR count). The molecule has 0 unspecified atom stereocenters. The van der Waals surface area contributed by atoms with Crippen molar-refractivity contribution in [2.24, 2.45) is 0 Å². The van der Waals surface area contributed by atoms with Crippen LogP contribution in [0, 0.1) is 18.3 Å². The molecule has 15 heavy (non-hydrogen) atoms. The zero-order valence-corrected chi connectivity index (χ0v) is 7.97. The van der Waals surface area contributed by atoms with Crippen molar-refractivity contribution in [3.05, 3.63) is 41.0 Å². The van der Waals surface area contributed by atoms with E-state index in [-0.39, 0.29) is 0 Å². The molecule has 0 aromatic heterocycles. The number of hydrogen-bond acceptors (Lipinski definition) is 1. The van der Waals surface area contributed by atoms with Crippen molar-refractivity contribution in [2.75, 3.05) is 0 Å². The number of halogens is 3. The highest BCUT2D eigenvalue weighted by molar-refractivity contribution is 5.56. The molecule has 1 nitrogen and oxygen atoms in total. The number of rotatable bonds is 1. The van der Waals surface area contributed by atoms with Crippen molar-refractivity contribution in [3.8, 4) is 6.07 Å². The third-order valence-corrected chi connectivity index (χ3v) is 1.93. The van der Waals surface area contributed by atoms with E-state index in [1.807, 2.05) is 0 Å². The molecule has 0 heterocycles. The molecule has 0 saturated heterocycles. The zero-order valence-electron chi connectivity index (χ0n) is 7.97. The van der Waals surface area contributed by atoms with Gasteiger partial charge in [-0.3, -0.25) is 0 Å². The second-order valence-corrected chi connectivity index (χ2v) is 3.03. The standard InChI is InChI=1S/C11H8F3N/c1-8-7-10(11(12,13)14)5-4-9(8)3-2-6-15/h2-5,7H,1H3. The summed E-state index contributed by atoms with van der Waals surface area (Å²) >= 11 is 0. The predicted octanol–water partition coefficient (Wildman–Crippen LogP) is 3.55. The Kier molecular flexibility index (Phi) is 3.15. The summed E-state index contributed by atoms with van der Waals surface area (Å²) in [7, 11) is 0. The Morgan fingerprint density at radius 2 is 2.00 bits per heavy atom. The van der Waals surface area contributed by atoms with E-state index < -0.39 is 11.7 Å². The largest absolute Gasteiger partial charge is 0.416 e. The highest BCUT2D eigenvalue weighted by Crippen LogP contribution is 2.30. The summed E-state index contributed by atoms with van der Waals surface area (Å²) in [5.41, 5.74) is 0.440. The Bertz CT molecular complexity index is 424. The van der Waals surface area contributed by atoms with Gasteiger partial charge in [0.2, 0.25) is 0 Å². The van der Waals surface area contributed by atoms with E-state index in [1.165, 1.54) is 18.2 Å². The number of nitrogens with zero attached hydrogens (tertiary/aromatic N) is 1. The van der Waals surface area contributed by atoms with Crippen LogP contribution in [0.25, 0.3) is 6.08 Å². The minimum Gasteiger partial charge on any atom is -0.193 e. The van der Waals surface area contributed by atoms with E-state index in [1.54, 1.807) is 13.0 Å². The maximum Gasteiger partial charge on any atom is 0.416 e. The molecule has 4 heteroatoms. The summed E-state index contributed by atoms with van der Waals surface area (Å²) in [4.78, 5) is 0. The molecule has 0 N–H and O–H groups in total. The normalized spacial score (nSPS) is 11.7. The van der Waals surface area contributed by atoms with Gasteiger partial charge < -0.3 is 0 Å². The highest BCUT2D eigenvalue weighted by Gasteiger charge is 2.30. The van der Waals surface area contributed by atoms with Crippen molar-refractivity contribution in [1.82, 2.24) is 0 Å². The first kappa shape index (κ1) is 11.3. The first-order valence-electron chi connectivity index (χ1n) is 4.19. The molecule has 0 amide bonds. The Hall–Kier alpha value is -1.76. The molecule has 1 aromatic rings. The average Bonchev–Trinajstić information content (AvgIpc) is 2.14. The van der Waals surface area contributed by atoms with Crippen LogP contribution in [0.4, 0.5) is 13.2 Å². The van der Waals surface area contributed by atoms with Crippen LogP contribution in [0.2, 0.25) is 0 Å². The molecule has 0 aliphatic heterocycles. The van der Waals surface area contributed by atoms with Crippen LogP contribution < -0.4 is 0 Å². The van der Waals surface area contributed by atoms with Crippen molar-refractivity contribution < 1.29 is 13.2 Å². The topological polar surface area (TPSA) is 23.8 Å². The predicted molar refractivity (Wildman–Crippen MR) is 50.8 cm³/mol. The van der Waals surface area contributed by atoms with Gasteiger partial charge in [0.1, 0.15) is 0 Å². The first-order chi connectivity index (χ1) is 6.95. The van der Waals surface area contributed by atoms with Gasteiger partial charge >= 0.3 is 6.18 Å². The molecule has 78 valence electrons. The van der Waals surface area contributed by atoms with Crippen LogP contribution >= 0.6 is 0 Å². The summed E-state index contributed by atoms with van der Waals surface area (Å²) in [6.45, 7) is 1.58. The average molecular weight is 211 g/mol. The number of aryl methyl sites for hydroxylation is 1. The van der Waals surface area contributed by atoms with Gasteiger partial charge in [0.15, 0.2) is 0 Å². The van der Waals surface area contributed by atoms with Gasteiger partial charge in [0, 0.05) is 6.08 Å². The van der Waals surface area contributed by atoms with Crippen molar-refractivity contribution in [1.29, 1.82) is 5.26 Å². The van der Waals surface area contributed by atoms with Gasteiger partial charge in [0.25, 0.3) is 0 Å². The van der Waals surface area contributed by atoms with Gasteiger partial charge in [-0.05, 0) is 36.3 Å². The molecular formula is C11H8F3N. The van der Waals surface area contributed by atoms with Gasteiger partial charge in [-0.15, -0.1) is 0 Å². The van der Waals surface area contributed by atoms with Gasteiger partial charge in [-0.25, -0.2) is 0 Å². The lowest BCUT2D eigenvalue weighted by atomic mass is 10.0. The van der Waals surface area contributed by atoms with E-state index in [9.17, 15) is 13.2 Å². The fourth-order valence-corrected chi connectivity index (χ4v) is 1.17. The minimum absolute atomic E-state index is 0.497. The fraction of sp³-hybridized carbons (Fsp3) is 0.182. The van der Waals surface area contributed by atoms with E-state index in [2.05, 4.69) is 0 Å². The number of alkyl halides is 3. The van der Waals surface area contributed by atoms with Crippen molar-refractivity contribution in [2.45, 2.75) is 13.1 Å². The zero-order chi connectivity index (χ0) is 11.5. The fourth-order valence-electron chi connectivity index (χ4n) is 1.17. The molecular weight excluding hydrogens is 203 g/mol. The van der Waals surface area contributed by atoms with Crippen LogP contribution in [0.1, 0.15) is 16.7 Å². The van der Waals surface area contributed by atoms with E-state index in [4.69, 9.17) is 5.26 Å². The Morgan fingerprint density at radius 1 is 1.33 bits per heavy atom. The molecule has 0 spiro atoms. The smallest absolute Gasteiger partial charge is 0.193 e. The number of nitriles is 1. The van der Waals surface area contributed by atoms with Gasteiger partial charge in [0.05, 0.1) is 11.6 Å². The molecule has 0 bridgehead atoms. The van der Waals surface area contributed by atoms with E-state index in [0.717, 1.165) is 12.1 Å². The maximum atomic E-state index is 12.3. The number of allylic oxidation sites excluding steroid dienone is 1. The monoisotopic (exact) mass is 211 g/mol. The van der Waals surface area contributed by atoms with Crippen LogP contribution in [-0.4, -0.2) is 0 Å². The summed E-state index contributed by atoms with van der Waals surface area (Å²) < 4.78 is 36.8. The maximum absolute atomic E-state index is 12.3. The Balaban J connectivity index is 3.10. The minimum atomic E-state index is -4.32. The lowest BCUT2D eigenvalue weighted by Crippen LogP contribution is -2.05. The van der Waals surface area contributed by atoms with Crippen molar-refractivity contribution >= 4 is 6.08 Å². The van der Waals surface area contributed by atoms with E-state index in [0.29, 0.717) is 11.1 Å². The SMILES string of the molecule is Cc1cc(C(F)(F)F)ccc1C=CC#N. The summed E-state index contributed by atoms with van der Waals surface area (Å²) in [5, 5.41) is 8.29. The highest BCUT2D eigenvalue weighted by atomic mass is 19.4. The second-order valence-electron chi connectivity index (χ2n) is 3.03. The lowest BCUT2D eigenvalue weighted by Gasteiger charge is -2.08. The third kappa shape index (κ3) is 2.84. The van der Waals surface area contributed by atoms with Crippen LogP contribution in [0.15, 0.2) is 24.3 Å². The quantitative estimate of drug-likeness (QED) is 0.651. The second kappa shape index (κ2) is 4.18. The number of benzene rings is 1. The van der Waals surface area contributed by atoms with E-state index >= 15 is 0 Å². The Morgan fingerprint density at radius 3 is 2.47 bits per heavy atom. The Labute approximate surface area is 85.5 Å².